The minimum absolute atomic E-state index is 0.131. The van der Waals surface area contributed by atoms with Crippen LogP contribution >= 0.6 is 0 Å². The van der Waals surface area contributed by atoms with Gasteiger partial charge in [-0.05, 0) is 24.0 Å². The van der Waals surface area contributed by atoms with E-state index in [9.17, 15) is 24.3 Å². The van der Waals surface area contributed by atoms with Crippen LogP contribution in [0.2, 0.25) is 0 Å². The summed E-state index contributed by atoms with van der Waals surface area (Å²) in [6.45, 7) is 0.0827. The third kappa shape index (κ3) is 6.64. The third-order valence-electron chi connectivity index (χ3n) is 5.84. The largest absolute Gasteiger partial charge is 0.480 e. The molecule has 0 aromatic heterocycles. The lowest BCUT2D eigenvalue weighted by Gasteiger charge is -2.29. The van der Waals surface area contributed by atoms with Gasteiger partial charge in [-0.15, -0.1) is 0 Å². The number of nitrogens with one attached hydrogen (secondary N) is 2. The van der Waals surface area contributed by atoms with Crippen molar-refractivity contribution in [1.82, 2.24) is 15.5 Å². The van der Waals surface area contributed by atoms with E-state index in [2.05, 4.69) is 10.6 Å². The minimum atomic E-state index is -1.15. The quantitative estimate of drug-likeness (QED) is 0.401. The summed E-state index contributed by atoms with van der Waals surface area (Å²) in [4.78, 5) is 51.7. The molecule has 3 rings (SSSR count). The van der Waals surface area contributed by atoms with E-state index in [1.165, 1.54) is 4.90 Å². The fourth-order valence-corrected chi connectivity index (χ4v) is 4.12. The molecule has 3 atom stereocenters. The molecule has 1 saturated heterocycles. The van der Waals surface area contributed by atoms with Crippen molar-refractivity contribution in [2.45, 2.75) is 43.8 Å². The third-order valence-corrected chi connectivity index (χ3v) is 5.84. The van der Waals surface area contributed by atoms with E-state index in [1.54, 1.807) is 24.3 Å². The smallest absolute Gasteiger partial charge is 0.326 e. The Labute approximate surface area is 198 Å². The average molecular weight is 467 g/mol. The molecule has 1 fully saturated rings. The number of aliphatic carboxylic acids is 1. The van der Waals surface area contributed by atoms with Crippen LogP contribution in [-0.2, 0) is 32.0 Å². The SMILES string of the molecule is NCC(=O)NC(Cc1ccccc1)C(=O)N1CCCC1C(=O)NC(Cc1ccccc1)C(=O)O. The molecule has 1 heterocycles. The van der Waals surface area contributed by atoms with Gasteiger partial charge in [-0.3, -0.25) is 14.4 Å². The number of amides is 3. The van der Waals surface area contributed by atoms with E-state index in [0.717, 1.165) is 11.1 Å². The molecule has 1 aliphatic rings. The van der Waals surface area contributed by atoms with Crippen LogP contribution < -0.4 is 16.4 Å². The normalized spacial score (nSPS) is 17.0. The van der Waals surface area contributed by atoms with E-state index >= 15 is 0 Å². The van der Waals surface area contributed by atoms with E-state index in [1.807, 2.05) is 36.4 Å². The number of likely N-dealkylation sites (tertiary alicyclic amines) is 1. The highest BCUT2D eigenvalue weighted by Crippen LogP contribution is 2.20. The van der Waals surface area contributed by atoms with Crippen LogP contribution in [0.4, 0.5) is 0 Å². The highest BCUT2D eigenvalue weighted by Gasteiger charge is 2.38. The second-order valence-electron chi connectivity index (χ2n) is 8.29. The lowest BCUT2D eigenvalue weighted by atomic mass is 10.0. The first-order valence-corrected chi connectivity index (χ1v) is 11.3. The number of nitrogens with zero attached hydrogens (tertiary/aromatic N) is 1. The van der Waals surface area contributed by atoms with Gasteiger partial charge in [0.05, 0.1) is 6.54 Å². The molecule has 3 amide bonds. The molecule has 0 saturated carbocycles. The highest BCUT2D eigenvalue weighted by atomic mass is 16.4. The second-order valence-corrected chi connectivity index (χ2v) is 8.29. The van der Waals surface area contributed by atoms with Gasteiger partial charge in [-0.1, -0.05) is 60.7 Å². The number of carboxylic acid groups (broad SMARTS) is 1. The van der Waals surface area contributed by atoms with Gasteiger partial charge in [0.25, 0.3) is 0 Å². The van der Waals surface area contributed by atoms with Crippen molar-refractivity contribution in [2.75, 3.05) is 13.1 Å². The van der Waals surface area contributed by atoms with Crippen LogP contribution in [0.25, 0.3) is 0 Å². The Morgan fingerprint density at radius 1 is 0.912 bits per heavy atom. The summed E-state index contributed by atoms with van der Waals surface area (Å²) >= 11 is 0. The van der Waals surface area contributed by atoms with Crippen LogP contribution in [0.5, 0.6) is 0 Å². The molecule has 9 nitrogen and oxygen atoms in total. The van der Waals surface area contributed by atoms with Crippen molar-refractivity contribution in [3.05, 3.63) is 71.8 Å². The maximum Gasteiger partial charge on any atom is 0.326 e. The summed E-state index contributed by atoms with van der Waals surface area (Å²) in [7, 11) is 0. The summed E-state index contributed by atoms with van der Waals surface area (Å²) in [5, 5.41) is 14.9. The second kappa shape index (κ2) is 11.9. The molecule has 0 aliphatic carbocycles. The Hall–Kier alpha value is -3.72. The maximum atomic E-state index is 13.4. The van der Waals surface area contributed by atoms with Gasteiger partial charge < -0.3 is 26.4 Å². The molecule has 5 N–H and O–H groups in total. The predicted molar refractivity (Wildman–Crippen MR) is 126 cm³/mol. The standard InChI is InChI=1S/C25H30N4O5/c26-16-22(30)27-19(14-17-8-3-1-4-9-17)24(32)29-13-7-12-21(29)23(31)28-20(25(33)34)15-18-10-5-2-6-11-18/h1-6,8-11,19-21H,7,12-16,26H2,(H,27,30)(H,28,31)(H,33,34). The van der Waals surface area contributed by atoms with Crippen molar-refractivity contribution >= 4 is 23.7 Å². The fourth-order valence-electron chi connectivity index (χ4n) is 4.12. The zero-order valence-electron chi connectivity index (χ0n) is 18.9. The van der Waals surface area contributed by atoms with E-state index < -0.39 is 41.8 Å². The van der Waals surface area contributed by atoms with Crippen molar-refractivity contribution in [3.8, 4) is 0 Å². The Balaban J connectivity index is 1.72. The van der Waals surface area contributed by atoms with Crippen LogP contribution in [0.1, 0.15) is 24.0 Å². The van der Waals surface area contributed by atoms with Crippen molar-refractivity contribution in [1.29, 1.82) is 0 Å². The molecular weight excluding hydrogens is 436 g/mol. The molecule has 180 valence electrons. The molecule has 2 aromatic rings. The van der Waals surface area contributed by atoms with Crippen LogP contribution in [0, 0.1) is 0 Å². The van der Waals surface area contributed by atoms with Crippen LogP contribution in [-0.4, -0.2) is 64.9 Å². The molecular formula is C25H30N4O5. The Kier molecular flexibility index (Phi) is 8.75. The number of carbonyl (C=O) groups is 4. The van der Waals surface area contributed by atoms with Crippen LogP contribution in [0.3, 0.4) is 0 Å². The maximum absolute atomic E-state index is 13.4. The minimum Gasteiger partial charge on any atom is -0.480 e. The number of hydrogen-bond donors (Lipinski definition) is 4. The summed E-state index contributed by atoms with van der Waals surface area (Å²) in [5.41, 5.74) is 7.07. The first-order chi connectivity index (χ1) is 16.4. The number of carboxylic acids is 1. The molecule has 2 aromatic carbocycles. The van der Waals surface area contributed by atoms with E-state index in [4.69, 9.17) is 5.73 Å². The Morgan fingerprint density at radius 2 is 1.47 bits per heavy atom. The molecule has 34 heavy (non-hydrogen) atoms. The molecule has 9 heteroatoms. The number of rotatable bonds is 10. The van der Waals surface area contributed by atoms with Crippen LogP contribution in [0.15, 0.2) is 60.7 Å². The zero-order chi connectivity index (χ0) is 24.5. The first-order valence-electron chi connectivity index (χ1n) is 11.3. The number of carbonyl (C=O) groups excluding carboxylic acids is 3. The monoisotopic (exact) mass is 466 g/mol. The lowest BCUT2D eigenvalue weighted by Crippen LogP contribution is -2.56. The van der Waals surface area contributed by atoms with Gasteiger partial charge in [0.1, 0.15) is 18.1 Å². The zero-order valence-corrected chi connectivity index (χ0v) is 18.9. The van der Waals surface area contributed by atoms with Gasteiger partial charge in [-0.2, -0.15) is 0 Å². The fraction of sp³-hybridized carbons (Fsp3) is 0.360. The number of benzene rings is 2. The van der Waals surface area contributed by atoms with E-state index in [0.29, 0.717) is 19.4 Å². The molecule has 0 bridgehead atoms. The summed E-state index contributed by atoms with van der Waals surface area (Å²) in [6, 6.07) is 15.4. The van der Waals surface area contributed by atoms with Gasteiger partial charge in [0, 0.05) is 19.4 Å². The van der Waals surface area contributed by atoms with Gasteiger partial charge in [-0.25, -0.2) is 4.79 Å². The van der Waals surface area contributed by atoms with E-state index in [-0.39, 0.29) is 19.4 Å². The lowest BCUT2D eigenvalue weighted by molar-refractivity contribution is -0.144. The predicted octanol–water partition coefficient (Wildman–Crippen LogP) is 0.476. The van der Waals surface area contributed by atoms with Gasteiger partial charge in [0.2, 0.25) is 17.7 Å². The van der Waals surface area contributed by atoms with Crippen molar-refractivity contribution in [2.24, 2.45) is 5.73 Å². The first kappa shape index (κ1) is 24.9. The van der Waals surface area contributed by atoms with Gasteiger partial charge >= 0.3 is 5.97 Å². The van der Waals surface area contributed by atoms with Crippen molar-refractivity contribution < 1.29 is 24.3 Å². The summed E-state index contributed by atoms with van der Waals surface area (Å²) in [5.74, 6) is -2.52. The average Bonchev–Trinajstić information content (AvgIpc) is 3.34. The molecule has 0 spiro atoms. The van der Waals surface area contributed by atoms with Crippen molar-refractivity contribution in [3.63, 3.8) is 0 Å². The molecule has 0 radical (unpaired) electrons. The molecule has 1 aliphatic heterocycles. The summed E-state index contributed by atoms with van der Waals surface area (Å²) in [6.07, 6.45) is 1.40. The number of hydrogen-bond acceptors (Lipinski definition) is 5. The number of nitrogens with two attached hydrogens (primary N) is 1. The highest BCUT2D eigenvalue weighted by molar-refractivity contribution is 5.94. The summed E-state index contributed by atoms with van der Waals surface area (Å²) < 4.78 is 0. The Morgan fingerprint density at radius 3 is 2.00 bits per heavy atom. The topological polar surface area (TPSA) is 142 Å². The molecule has 3 unspecified atom stereocenters. The Bertz CT molecular complexity index is 999. The van der Waals surface area contributed by atoms with Gasteiger partial charge in [0.15, 0.2) is 0 Å².